The van der Waals surface area contributed by atoms with E-state index in [1.54, 1.807) is 6.07 Å². The molecule has 2 radical (unpaired) electrons. The van der Waals surface area contributed by atoms with Gasteiger partial charge in [0, 0.05) is 50.9 Å². The van der Waals surface area contributed by atoms with Gasteiger partial charge in [0.15, 0.2) is 0 Å². The summed E-state index contributed by atoms with van der Waals surface area (Å²) < 4.78 is 14.5. The molecule has 2 heterocycles. The van der Waals surface area contributed by atoms with E-state index < -0.39 is 0 Å². The number of rotatable bonds is 9. The van der Waals surface area contributed by atoms with Crippen molar-refractivity contribution in [1.29, 1.82) is 0 Å². The average Bonchev–Trinajstić information content (AvgIpc) is 3.33. The highest BCUT2D eigenvalue weighted by atomic mass is 32.1. The second-order valence-electron chi connectivity index (χ2n) is 16.6. The van der Waals surface area contributed by atoms with Crippen LogP contribution in [0.4, 0.5) is 34.1 Å². The van der Waals surface area contributed by atoms with Gasteiger partial charge in [-0.1, -0.05) is 129 Å². The lowest BCUT2D eigenvalue weighted by Gasteiger charge is -2.34. The highest BCUT2D eigenvalue weighted by molar-refractivity contribution is 7.80. The fourth-order valence-corrected chi connectivity index (χ4v) is 9.49. The largest absolute Gasteiger partial charge is 0.507 e. The molecule has 0 amide bonds. The van der Waals surface area contributed by atoms with Crippen molar-refractivity contribution in [3.05, 3.63) is 206 Å². The molecule has 9 aromatic carbocycles. The first kappa shape index (κ1) is 40.2. The van der Waals surface area contributed by atoms with Crippen molar-refractivity contribution in [2.75, 3.05) is 9.80 Å². The third-order valence-electron chi connectivity index (χ3n) is 12.1. The van der Waals surface area contributed by atoms with E-state index >= 15 is 0 Å². The molecule has 0 saturated heterocycles. The van der Waals surface area contributed by atoms with E-state index in [-0.39, 0.29) is 11.7 Å². The number of anilines is 6. The summed E-state index contributed by atoms with van der Waals surface area (Å²) in [5.41, 5.74) is 14.2. The minimum atomic E-state index is 0.0283. The van der Waals surface area contributed by atoms with E-state index in [0.717, 1.165) is 100 Å². The Morgan fingerprint density at radius 2 is 0.815 bits per heavy atom. The fourth-order valence-electron chi connectivity index (χ4n) is 9.21. The van der Waals surface area contributed by atoms with Gasteiger partial charge < -0.3 is 24.4 Å². The molecule has 0 atom stereocenters. The summed E-state index contributed by atoms with van der Waals surface area (Å²) in [5, 5.41) is 11.4. The molecule has 0 aliphatic carbocycles. The van der Waals surface area contributed by atoms with Gasteiger partial charge in [-0.05, 0) is 117 Å². The van der Waals surface area contributed by atoms with Gasteiger partial charge in [-0.2, -0.15) is 0 Å². The lowest BCUT2D eigenvalue weighted by molar-refractivity contribution is 0.450. The number of nitrogens with zero attached hydrogens (tertiary/aromatic N) is 2. The number of hydrogen-bond donors (Lipinski definition) is 2. The van der Waals surface area contributed by atoms with Crippen LogP contribution in [0.1, 0.15) is 25.3 Å². The van der Waals surface area contributed by atoms with Crippen LogP contribution in [0, 0.1) is 0 Å². The molecule has 2 aliphatic heterocycles. The van der Waals surface area contributed by atoms with Crippen LogP contribution in [0.5, 0.6) is 28.7 Å². The van der Waals surface area contributed by atoms with Crippen molar-refractivity contribution in [3.63, 3.8) is 0 Å². The molecule has 11 rings (SSSR count). The zero-order valence-electron chi connectivity index (χ0n) is 35.9. The van der Waals surface area contributed by atoms with E-state index in [0.29, 0.717) is 11.3 Å². The van der Waals surface area contributed by atoms with Crippen molar-refractivity contribution in [3.8, 4) is 51.0 Å². The van der Waals surface area contributed by atoms with E-state index in [4.69, 9.17) is 22.1 Å². The van der Waals surface area contributed by atoms with Crippen LogP contribution in [-0.4, -0.2) is 19.7 Å². The Labute approximate surface area is 387 Å². The van der Waals surface area contributed by atoms with Gasteiger partial charge in [-0.3, -0.25) is 0 Å². The van der Waals surface area contributed by atoms with Crippen molar-refractivity contribution >= 4 is 83.2 Å². The topological polar surface area (TPSA) is 45.2 Å². The van der Waals surface area contributed by atoms with Crippen molar-refractivity contribution in [2.45, 2.75) is 24.7 Å². The van der Waals surface area contributed by atoms with Gasteiger partial charge >= 0.3 is 0 Å². The molecule has 0 bridgehead atoms. The number of aromatic hydroxyl groups is 1. The predicted octanol–water partition coefficient (Wildman–Crippen LogP) is 12.6. The Morgan fingerprint density at radius 3 is 1.23 bits per heavy atom. The fraction of sp³-hybridized carbons (Fsp3) is 0.0526. The molecule has 8 heteroatoms. The molecule has 2 aliphatic rings. The highest BCUT2D eigenvalue weighted by Crippen LogP contribution is 2.46. The zero-order valence-corrected chi connectivity index (χ0v) is 36.8. The second kappa shape index (κ2) is 16.9. The summed E-state index contributed by atoms with van der Waals surface area (Å²) in [6.07, 6.45) is 0. The van der Waals surface area contributed by atoms with Crippen LogP contribution < -0.4 is 41.1 Å². The summed E-state index contributed by atoms with van der Waals surface area (Å²) in [6.45, 7) is 4.38. The Morgan fingerprint density at radius 1 is 0.431 bits per heavy atom. The standard InChI is InChI=1S/C57H42B2N2O3S/c1-36(2)53-56-47(58-54-45(43-27-15-17-29-49(43)62)31-41(33-50(54)63-56)60(37-19-7-3-8-20-37)38-21-9-4-10-22-38)35-48-57(53)64-51-34-42(32-46(55(51)59-48)44-28-16-18-30-52(44)65)61(39-23-11-5-12-24-39)40-25-13-6-14-26-40/h3-36,62,65H,1-2H3. The number of hydrogen-bond acceptors (Lipinski definition) is 6. The van der Waals surface area contributed by atoms with Crippen LogP contribution >= 0.6 is 12.6 Å². The molecule has 0 aromatic heterocycles. The third kappa shape index (κ3) is 7.40. The molecule has 5 nitrogen and oxygen atoms in total. The van der Waals surface area contributed by atoms with Crippen LogP contribution in [-0.2, 0) is 0 Å². The van der Waals surface area contributed by atoms with Gasteiger partial charge in [0.1, 0.15) is 28.7 Å². The van der Waals surface area contributed by atoms with Gasteiger partial charge in [0.2, 0.25) is 14.6 Å². The SMILES string of the molecule is CC(C)c1c2c(cc3c1Oc1cc(N(c4ccccc4)c4ccccc4)cc(-c4ccccc4S)c1[B]3)[B]c1c(cc(N(c3ccccc3)c3ccccc3)cc1-c1ccccc1O)O2. The molecule has 0 unspecified atom stereocenters. The molecule has 0 spiro atoms. The van der Waals surface area contributed by atoms with Crippen LogP contribution in [0.3, 0.4) is 0 Å². The number of fused-ring (bicyclic) bond motifs is 4. The molecule has 9 aromatic rings. The van der Waals surface area contributed by atoms with E-state index in [1.807, 2.05) is 78.9 Å². The van der Waals surface area contributed by atoms with Crippen LogP contribution in [0.15, 0.2) is 205 Å². The Balaban J connectivity index is 1.09. The van der Waals surface area contributed by atoms with E-state index in [2.05, 4.69) is 153 Å². The smallest absolute Gasteiger partial charge is 0.202 e. The molecule has 0 fully saturated rings. The maximum absolute atomic E-state index is 11.4. The molecule has 0 saturated carbocycles. The number of thiol groups is 1. The number of para-hydroxylation sites is 5. The molecule has 65 heavy (non-hydrogen) atoms. The predicted molar refractivity (Wildman–Crippen MR) is 273 cm³/mol. The summed E-state index contributed by atoms with van der Waals surface area (Å²) in [6, 6.07) is 68.1. The highest BCUT2D eigenvalue weighted by Gasteiger charge is 2.34. The third-order valence-corrected chi connectivity index (χ3v) is 12.5. The van der Waals surface area contributed by atoms with Crippen LogP contribution in [0.25, 0.3) is 22.3 Å². The number of benzene rings is 9. The molecular weight excluding hydrogens is 814 g/mol. The first-order valence-electron chi connectivity index (χ1n) is 21.9. The maximum Gasteiger partial charge on any atom is 0.202 e. The second-order valence-corrected chi connectivity index (χ2v) is 17.1. The quantitative estimate of drug-likeness (QED) is 0.112. The van der Waals surface area contributed by atoms with Gasteiger partial charge in [-0.15, -0.1) is 12.6 Å². The Hall–Kier alpha value is -7.54. The monoisotopic (exact) mass is 856 g/mol. The van der Waals surface area contributed by atoms with Crippen molar-refractivity contribution in [1.82, 2.24) is 0 Å². The first-order chi connectivity index (χ1) is 31.9. The normalized spacial score (nSPS) is 12.0. The minimum absolute atomic E-state index is 0.0283. The average molecular weight is 857 g/mol. The van der Waals surface area contributed by atoms with E-state index in [9.17, 15) is 5.11 Å². The lowest BCUT2D eigenvalue weighted by atomic mass is 9.54. The summed E-state index contributed by atoms with van der Waals surface area (Å²) in [5.74, 6) is 3.17. The number of phenolic OH excluding ortho intramolecular Hbond substituents is 1. The molecule has 1 N–H and O–H groups in total. The Bertz CT molecular complexity index is 2930. The first-order valence-corrected chi connectivity index (χ1v) is 22.3. The maximum atomic E-state index is 11.4. The zero-order chi connectivity index (χ0) is 44.0. The molecule has 310 valence electrons. The van der Waals surface area contributed by atoms with Crippen LogP contribution in [0.2, 0.25) is 0 Å². The van der Waals surface area contributed by atoms with Gasteiger partial charge in [-0.25, -0.2) is 0 Å². The molecular formula is C57H42B2N2O3S. The minimum Gasteiger partial charge on any atom is -0.507 e. The lowest BCUT2D eigenvalue weighted by Crippen LogP contribution is -2.42. The van der Waals surface area contributed by atoms with Gasteiger partial charge in [0.05, 0.1) is 11.4 Å². The summed E-state index contributed by atoms with van der Waals surface area (Å²) in [4.78, 5) is 5.36. The van der Waals surface area contributed by atoms with E-state index in [1.165, 1.54) is 0 Å². The van der Waals surface area contributed by atoms with Crippen molar-refractivity contribution in [2.24, 2.45) is 0 Å². The summed E-state index contributed by atoms with van der Waals surface area (Å²) >= 11 is 4.99. The number of phenols is 1. The van der Waals surface area contributed by atoms with Gasteiger partial charge in [0.25, 0.3) is 0 Å². The number of ether oxygens (including phenoxy) is 2. The Kier molecular flexibility index (Phi) is 10.4. The van der Waals surface area contributed by atoms with Crippen molar-refractivity contribution < 1.29 is 14.6 Å². The summed E-state index contributed by atoms with van der Waals surface area (Å²) in [7, 11) is 4.46.